The lowest BCUT2D eigenvalue weighted by atomic mass is 10.0. The molecule has 1 atom stereocenters. The number of carbonyl (C=O) groups is 1. The van der Waals surface area contributed by atoms with Crippen molar-refractivity contribution in [2.24, 2.45) is 4.99 Å². The molecule has 10 heteroatoms. The highest BCUT2D eigenvalue weighted by Crippen LogP contribution is 2.23. The third-order valence-corrected chi connectivity index (χ3v) is 5.61. The maximum atomic E-state index is 13.0. The molecular weight excluding hydrogens is 458 g/mol. The van der Waals surface area contributed by atoms with Crippen molar-refractivity contribution >= 4 is 34.7 Å². The zero-order chi connectivity index (χ0) is 25.1. The van der Waals surface area contributed by atoms with Gasteiger partial charge in [-0.05, 0) is 23.8 Å². The molecule has 0 spiro atoms. The van der Waals surface area contributed by atoms with Crippen LogP contribution in [0.5, 0.6) is 0 Å². The molecule has 4 N–H and O–H groups in total. The SMILES string of the molecule is COCc1ccn2ncc(C(=N)OC(=N)NC3N=C(c4ccccc4)c4ccccc4NC3=O)c2c1. The number of benzodiazepines with no additional fused rings is 1. The van der Waals surface area contributed by atoms with Crippen molar-refractivity contribution < 1.29 is 14.3 Å². The molecule has 5 rings (SSSR count). The number of methoxy groups -OCH3 is 1. The van der Waals surface area contributed by atoms with Gasteiger partial charge >= 0.3 is 0 Å². The first kappa shape index (κ1) is 22.9. The van der Waals surface area contributed by atoms with Crippen molar-refractivity contribution in [3.63, 3.8) is 0 Å². The number of nitrogens with one attached hydrogen (secondary N) is 4. The Bertz CT molecular complexity index is 1490. The normalized spacial score (nSPS) is 14.9. The van der Waals surface area contributed by atoms with E-state index in [1.165, 1.54) is 6.20 Å². The smallest absolute Gasteiger partial charge is 0.290 e. The number of aromatic nitrogens is 2. The van der Waals surface area contributed by atoms with E-state index in [1.807, 2.05) is 60.7 Å². The Morgan fingerprint density at radius 3 is 2.69 bits per heavy atom. The van der Waals surface area contributed by atoms with Crippen LogP contribution in [-0.4, -0.2) is 46.4 Å². The van der Waals surface area contributed by atoms with Gasteiger partial charge < -0.3 is 20.1 Å². The molecule has 0 saturated heterocycles. The van der Waals surface area contributed by atoms with Crippen LogP contribution in [0.15, 0.2) is 84.1 Å². The Hall–Kier alpha value is -4.83. The summed E-state index contributed by atoms with van der Waals surface area (Å²) in [6.07, 6.45) is 2.10. The lowest BCUT2D eigenvalue weighted by Crippen LogP contribution is -2.43. The lowest BCUT2D eigenvalue weighted by molar-refractivity contribution is -0.117. The molecule has 2 aromatic carbocycles. The lowest BCUT2D eigenvalue weighted by Gasteiger charge is -2.15. The van der Waals surface area contributed by atoms with Gasteiger partial charge in [0.05, 0.1) is 35.3 Å². The number of hydrogen-bond donors (Lipinski definition) is 4. The Kier molecular flexibility index (Phi) is 6.25. The number of benzene rings is 2. The maximum absolute atomic E-state index is 13.0. The number of fused-ring (bicyclic) bond motifs is 2. The van der Waals surface area contributed by atoms with Crippen molar-refractivity contribution in [2.75, 3.05) is 12.4 Å². The molecule has 36 heavy (non-hydrogen) atoms. The molecule has 1 amide bonds. The number of amidine groups is 1. The highest BCUT2D eigenvalue weighted by atomic mass is 16.5. The zero-order valence-electron chi connectivity index (χ0n) is 19.4. The van der Waals surface area contributed by atoms with E-state index in [1.54, 1.807) is 23.9 Å². The molecule has 1 aliphatic rings. The topological polar surface area (TPSA) is 137 Å². The van der Waals surface area contributed by atoms with Gasteiger partial charge in [-0.25, -0.2) is 9.51 Å². The summed E-state index contributed by atoms with van der Waals surface area (Å²) in [5, 5.41) is 26.5. The molecule has 0 radical (unpaired) electrons. The van der Waals surface area contributed by atoms with Crippen LogP contribution in [0.4, 0.5) is 5.69 Å². The number of aliphatic imine (C=N–C) groups is 1. The van der Waals surface area contributed by atoms with Crippen LogP contribution in [-0.2, 0) is 20.9 Å². The summed E-state index contributed by atoms with van der Waals surface area (Å²) < 4.78 is 12.2. The molecule has 1 aliphatic heterocycles. The second-order valence-electron chi connectivity index (χ2n) is 8.04. The van der Waals surface area contributed by atoms with E-state index < -0.39 is 18.1 Å². The van der Waals surface area contributed by atoms with Gasteiger partial charge in [0.2, 0.25) is 12.1 Å². The van der Waals surface area contributed by atoms with Gasteiger partial charge in [-0.2, -0.15) is 5.10 Å². The highest BCUT2D eigenvalue weighted by Gasteiger charge is 2.27. The molecule has 0 aliphatic carbocycles. The third kappa shape index (κ3) is 4.57. The molecule has 0 bridgehead atoms. The van der Waals surface area contributed by atoms with E-state index in [-0.39, 0.29) is 5.90 Å². The van der Waals surface area contributed by atoms with Crippen LogP contribution in [0.1, 0.15) is 22.3 Å². The number of nitrogens with zero attached hydrogens (tertiary/aromatic N) is 3. The van der Waals surface area contributed by atoms with Crippen LogP contribution >= 0.6 is 0 Å². The van der Waals surface area contributed by atoms with E-state index in [2.05, 4.69) is 20.7 Å². The quantitative estimate of drug-likeness (QED) is 0.256. The molecule has 0 saturated carbocycles. The van der Waals surface area contributed by atoms with E-state index in [4.69, 9.17) is 20.3 Å². The number of pyridine rings is 1. The summed E-state index contributed by atoms with van der Waals surface area (Å²) in [7, 11) is 1.60. The van der Waals surface area contributed by atoms with Crippen molar-refractivity contribution in [2.45, 2.75) is 12.8 Å². The molecule has 3 heterocycles. The summed E-state index contributed by atoms with van der Waals surface area (Å²) in [5.41, 5.74) is 4.74. The van der Waals surface area contributed by atoms with Gasteiger partial charge in [-0.3, -0.25) is 15.6 Å². The number of anilines is 1. The number of para-hydroxylation sites is 1. The fourth-order valence-electron chi connectivity index (χ4n) is 3.95. The van der Waals surface area contributed by atoms with E-state index in [0.29, 0.717) is 29.1 Å². The van der Waals surface area contributed by atoms with Gasteiger partial charge in [0.1, 0.15) is 0 Å². The average Bonchev–Trinajstić information content (AvgIpc) is 3.25. The van der Waals surface area contributed by atoms with Crippen molar-refractivity contribution in [3.05, 3.63) is 101 Å². The first-order valence-electron chi connectivity index (χ1n) is 11.1. The fraction of sp³-hybridized carbons (Fsp3) is 0.115. The van der Waals surface area contributed by atoms with Crippen molar-refractivity contribution in [3.8, 4) is 0 Å². The summed E-state index contributed by atoms with van der Waals surface area (Å²) in [6.45, 7) is 0.410. The monoisotopic (exact) mass is 481 g/mol. The van der Waals surface area contributed by atoms with E-state index in [9.17, 15) is 4.79 Å². The van der Waals surface area contributed by atoms with Gasteiger partial charge in [0, 0.05) is 24.4 Å². The standard InChI is InChI=1S/C26H23N7O3/c1-35-15-16-11-12-33-21(13-16)19(14-29-33)23(27)36-26(28)32-24-25(34)30-20-10-6-5-9-18(20)22(31-24)17-7-3-2-4-8-17/h2-14,24,27H,15H2,1H3,(H2,28,32)(H,30,34). The number of rotatable bonds is 5. The average molecular weight is 482 g/mol. The minimum absolute atomic E-state index is 0.290. The van der Waals surface area contributed by atoms with Gasteiger partial charge in [-0.1, -0.05) is 48.5 Å². The van der Waals surface area contributed by atoms with Gasteiger partial charge in [0.25, 0.3) is 11.9 Å². The Morgan fingerprint density at radius 2 is 1.89 bits per heavy atom. The Labute approximate surface area is 206 Å². The molecule has 0 fully saturated rings. The van der Waals surface area contributed by atoms with Crippen molar-refractivity contribution in [1.29, 1.82) is 10.8 Å². The third-order valence-electron chi connectivity index (χ3n) is 5.61. The first-order chi connectivity index (χ1) is 17.5. The van der Waals surface area contributed by atoms with E-state index >= 15 is 0 Å². The number of hydrogen-bond acceptors (Lipinski definition) is 7. The van der Waals surface area contributed by atoms with Crippen LogP contribution in [0, 0.1) is 10.8 Å². The second kappa shape index (κ2) is 9.80. The maximum Gasteiger partial charge on any atom is 0.290 e. The highest BCUT2D eigenvalue weighted by molar-refractivity contribution is 6.19. The van der Waals surface area contributed by atoms with Crippen LogP contribution in [0.2, 0.25) is 0 Å². The minimum atomic E-state index is -1.15. The first-order valence-corrected chi connectivity index (χ1v) is 11.1. The van der Waals surface area contributed by atoms with Crippen LogP contribution < -0.4 is 10.6 Å². The molecule has 2 aromatic heterocycles. The van der Waals surface area contributed by atoms with Gasteiger partial charge in [-0.15, -0.1) is 0 Å². The Balaban J connectivity index is 1.38. The number of ether oxygens (including phenoxy) is 2. The van der Waals surface area contributed by atoms with E-state index in [0.717, 1.165) is 16.7 Å². The second-order valence-corrected chi connectivity index (χ2v) is 8.04. The Morgan fingerprint density at radius 1 is 1.11 bits per heavy atom. The minimum Gasteiger partial charge on any atom is -0.407 e. The number of carbonyl (C=O) groups excluding carboxylic acids is 1. The molecule has 10 nitrogen and oxygen atoms in total. The largest absolute Gasteiger partial charge is 0.407 e. The fourth-order valence-corrected chi connectivity index (χ4v) is 3.95. The zero-order valence-corrected chi connectivity index (χ0v) is 19.4. The molecule has 1 unspecified atom stereocenters. The van der Waals surface area contributed by atoms with Gasteiger partial charge in [0.15, 0.2) is 0 Å². The molecular formula is C26H23N7O3. The van der Waals surface area contributed by atoms with Crippen LogP contribution in [0.3, 0.4) is 0 Å². The van der Waals surface area contributed by atoms with Crippen molar-refractivity contribution in [1.82, 2.24) is 14.9 Å². The molecule has 180 valence electrons. The predicted octanol–water partition coefficient (Wildman–Crippen LogP) is 3.16. The summed E-state index contributed by atoms with van der Waals surface area (Å²) in [4.78, 5) is 17.6. The number of amides is 1. The summed E-state index contributed by atoms with van der Waals surface area (Å²) >= 11 is 0. The summed E-state index contributed by atoms with van der Waals surface area (Å²) in [6, 6.07) is 20.1. The summed E-state index contributed by atoms with van der Waals surface area (Å²) in [5.74, 6) is -0.741. The predicted molar refractivity (Wildman–Crippen MR) is 136 cm³/mol. The van der Waals surface area contributed by atoms with Crippen LogP contribution in [0.25, 0.3) is 5.52 Å². The molecule has 4 aromatic rings.